The number of phenols is 1. The second kappa shape index (κ2) is 5.74. The first-order valence-corrected chi connectivity index (χ1v) is 5.18. The number of hydrogen-bond donors (Lipinski definition) is 4. The average Bonchev–Trinajstić information content (AvgIpc) is 2.30. The second-order valence-electron chi connectivity index (χ2n) is 3.38. The summed E-state index contributed by atoms with van der Waals surface area (Å²) >= 11 is 0. The number of nitrogens with one attached hydrogen (secondary N) is 2. The van der Waals surface area contributed by atoms with Crippen LogP contribution >= 0.6 is 0 Å². The number of anilines is 1. The van der Waals surface area contributed by atoms with Crippen LogP contribution in [0.15, 0.2) is 18.2 Å². The van der Waals surface area contributed by atoms with Gasteiger partial charge in [-0.1, -0.05) is 6.07 Å². The van der Waals surface area contributed by atoms with E-state index in [4.69, 9.17) is 5.73 Å². The van der Waals surface area contributed by atoms with E-state index in [0.29, 0.717) is 6.54 Å². The third-order valence-corrected chi connectivity index (χ3v) is 2.10. The molecule has 6 heteroatoms. The van der Waals surface area contributed by atoms with Crippen LogP contribution in [0.3, 0.4) is 0 Å². The zero-order valence-corrected chi connectivity index (χ0v) is 9.49. The highest BCUT2D eigenvalue weighted by molar-refractivity contribution is 6.00. The van der Waals surface area contributed by atoms with Crippen molar-refractivity contribution in [3.05, 3.63) is 23.8 Å². The third-order valence-electron chi connectivity index (χ3n) is 2.10. The maximum absolute atomic E-state index is 11.6. The predicted molar refractivity (Wildman–Crippen MR) is 63.5 cm³/mol. The van der Waals surface area contributed by atoms with Gasteiger partial charge in [0.2, 0.25) is 5.91 Å². The first kappa shape index (κ1) is 12.8. The fraction of sp³-hybridized carbons (Fsp3) is 0.273. The van der Waals surface area contributed by atoms with Gasteiger partial charge in [-0.2, -0.15) is 0 Å². The molecule has 0 aliphatic carbocycles. The molecule has 92 valence electrons. The van der Waals surface area contributed by atoms with E-state index in [-0.39, 0.29) is 29.5 Å². The Morgan fingerprint density at radius 1 is 1.35 bits per heavy atom. The van der Waals surface area contributed by atoms with Gasteiger partial charge in [0.1, 0.15) is 0 Å². The van der Waals surface area contributed by atoms with Crippen molar-refractivity contribution >= 4 is 17.5 Å². The molecule has 17 heavy (non-hydrogen) atoms. The number of aromatic hydroxyl groups is 1. The number of nitrogen functional groups attached to an aromatic ring is 1. The molecule has 1 aromatic carbocycles. The first-order valence-electron chi connectivity index (χ1n) is 5.18. The summed E-state index contributed by atoms with van der Waals surface area (Å²) in [6.45, 7) is 2.14. The third kappa shape index (κ3) is 3.37. The van der Waals surface area contributed by atoms with Crippen molar-refractivity contribution < 1.29 is 14.7 Å². The topological polar surface area (TPSA) is 104 Å². The largest absolute Gasteiger partial charge is 0.505 e. The summed E-state index contributed by atoms with van der Waals surface area (Å²) in [5, 5.41) is 14.5. The molecule has 1 aromatic rings. The molecule has 0 radical (unpaired) electrons. The fourth-order valence-corrected chi connectivity index (χ4v) is 1.26. The van der Waals surface area contributed by atoms with Gasteiger partial charge in [-0.15, -0.1) is 0 Å². The Labute approximate surface area is 98.8 Å². The molecule has 0 saturated carbocycles. The molecule has 0 aliphatic heterocycles. The van der Waals surface area contributed by atoms with E-state index in [0.717, 1.165) is 0 Å². The molecule has 1 rings (SSSR count). The molecule has 0 aliphatic rings. The van der Waals surface area contributed by atoms with E-state index in [1.54, 1.807) is 13.0 Å². The molecule has 6 nitrogen and oxygen atoms in total. The lowest BCUT2D eigenvalue weighted by Crippen LogP contribution is -2.36. The summed E-state index contributed by atoms with van der Waals surface area (Å²) in [5.74, 6) is -1.11. The van der Waals surface area contributed by atoms with Crippen LogP contribution in [0.2, 0.25) is 0 Å². The molecule has 2 amide bonds. The van der Waals surface area contributed by atoms with Crippen LogP contribution in [0, 0.1) is 0 Å². The Bertz CT molecular complexity index is 432. The number of likely N-dealkylation sites (N-methyl/N-ethyl adjacent to an activating group) is 1. The van der Waals surface area contributed by atoms with Crippen LogP contribution in [0.5, 0.6) is 5.75 Å². The van der Waals surface area contributed by atoms with Gasteiger partial charge in [-0.05, 0) is 19.1 Å². The highest BCUT2D eigenvalue weighted by Gasteiger charge is 2.13. The molecule has 5 N–H and O–H groups in total. The van der Waals surface area contributed by atoms with E-state index < -0.39 is 5.91 Å². The van der Waals surface area contributed by atoms with Crippen LogP contribution in [0.25, 0.3) is 0 Å². The van der Waals surface area contributed by atoms with Gasteiger partial charge < -0.3 is 21.5 Å². The minimum Gasteiger partial charge on any atom is -0.505 e. The Morgan fingerprint density at radius 2 is 2.06 bits per heavy atom. The molecule has 0 heterocycles. The maximum atomic E-state index is 11.6. The molecule has 0 aromatic heterocycles. The van der Waals surface area contributed by atoms with E-state index in [1.807, 2.05) is 0 Å². The van der Waals surface area contributed by atoms with E-state index >= 15 is 0 Å². The zero-order valence-electron chi connectivity index (χ0n) is 9.49. The molecule has 0 fully saturated rings. The van der Waals surface area contributed by atoms with Gasteiger partial charge in [0, 0.05) is 6.54 Å². The maximum Gasteiger partial charge on any atom is 0.255 e. The summed E-state index contributed by atoms with van der Waals surface area (Å²) in [6.07, 6.45) is 0. The van der Waals surface area contributed by atoms with Crippen molar-refractivity contribution in [1.29, 1.82) is 0 Å². The molecule has 0 spiro atoms. The van der Waals surface area contributed by atoms with E-state index in [1.165, 1.54) is 12.1 Å². The highest BCUT2D eigenvalue weighted by atomic mass is 16.3. The van der Waals surface area contributed by atoms with Crippen LogP contribution < -0.4 is 16.4 Å². The van der Waals surface area contributed by atoms with Crippen LogP contribution in [0.4, 0.5) is 5.69 Å². The van der Waals surface area contributed by atoms with Gasteiger partial charge in [0.05, 0.1) is 17.8 Å². The average molecular weight is 237 g/mol. The Hall–Kier alpha value is -2.24. The van der Waals surface area contributed by atoms with Crippen LogP contribution in [-0.4, -0.2) is 30.0 Å². The Kier molecular flexibility index (Phi) is 4.33. The van der Waals surface area contributed by atoms with Crippen LogP contribution in [0.1, 0.15) is 17.3 Å². The highest BCUT2D eigenvalue weighted by Crippen LogP contribution is 2.23. The summed E-state index contributed by atoms with van der Waals surface area (Å²) in [7, 11) is 0. The van der Waals surface area contributed by atoms with Gasteiger partial charge in [-0.25, -0.2) is 0 Å². The zero-order chi connectivity index (χ0) is 12.8. The summed E-state index contributed by atoms with van der Waals surface area (Å²) in [5.41, 5.74) is 5.62. The molecule has 0 bridgehead atoms. The minimum atomic E-state index is -0.541. The molecule has 0 unspecified atom stereocenters. The number of amides is 2. The number of para-hydroxylation sites is 1. The monoisotopic (exact) mass is 237 g/mol. The SMILES string of the molecule is CCNC(=O)CNC(=O)c1cccc(N)c1O. The Morgan fingerprint density at radius 3 is 2.71 bits per heavy atom. The number of nitrogens with two attached hydrogens (primary N) is 1. The van der Waals surface area contributed by atoms with Gasteiger partial charge in [0.25, 0.3) is 5.91 Å². The number of hydrogen-bond acceptors (Lipinski definition) is 4. The van der Waals surface area contributed by atoms with Crippen molar-refractivity contribution in [3.8, 4) is 5.75 Å². The smallest absolute Gasteiger partial charge is 0.255 e. The fourth-order valence-electron chi connectivity index (χ4n) is 1.26. The van der Waals surface area contributed by atoms with E-state index in [2.05, 4.69) is 10.6 Å². The van der Waals surface area contributed by atoms with Gasteiger partial charge >= 0.3 is 0 Å². The predicted octanol–water partition coefficient (Wildman–Crippen LogP) is -0.160. The van der Waals surface area contributed by atoms with Crippen molar-refractivity contribution in [2.24, 2.45) is 0 Å². The standard InChI is InChI=1S/C11H15N3O3/c1-2-13-9(15)6-14-11(17)7-4-3-5-8(12)10(7)16/h3-5,16H,2,6,12H2,1H3,(H,13,15)(H,14,17). The first-order chi connectivity index (χ1) is 8.06. The number of benzene rings is 1. The van der Waals surface area contributed by atoms with Gasteiger partial charge in [-0.3, -0.25) is 9.59 Å². The second-order valence-corrected chi connectivity index (χ2v) is 3.38. The summed E-state index contributed by atoms with van der Waals surface area (Å²) in [6, 6.07) is 4.46. The van der Waals surface area contributed by atoms with Crippen LogP contribution in [-0.2, 0) is 4.79 Å². The molecule has 0 saturated heterocycles. The molecular formula is C11H15N3O3. The quantitative estimate of drug-likeness (QED) is 0.431. The number of rotatable bonds is 4. The summed E-state index contributed by atoms with van der Waals surface area (Å²) in [4.78, 5) is 22.7. The number of carbonyl (C=O) groups excluding carboxylic acids is 2. The van der Waals surface area contributed by atoms with E-state index in [9.17, 15) is 14.7 Å². The minimum absolute atomic E-state index is 0.0503. The van der Waals surface area contributed by atoms with Crippen molar-refractivity contribution in [2.45, 2.75) is 6.92 Å². The molecular weight excluding hydrogens is 222 g/mol. The lowest BCUT2D eigenvalue weighted by atomic mass is 10.1. The van der Waals surface area contributed by atoms with Crippen molar-refractivity contribution in [1.82, 2.24) is 10.6 Å². The lowest BCUT2D eigenvalue weighted by molar-refractivity contribution is -0.120. The van der Waals surface area contributed by atoms with Crippen molar-refractivity contribution in [2.75, 3.05) is 18.8 Å². The number of carbonyl (C=O) groups is 2. The van der Waals surface area contributed by atoms with Crippen molar-refractivity contribution in [3.63, 3.8) is 0 Å². The normalized spacial score (nSPS) is 9.71. The number of phenolic OH excluding ortho intramolecular Hbond substituents is 1. The summed E-state index contributed by atoms with van der Waals surface area (Å²) < 4.78 is 0. The lowest BCUT2D eigenvalue weighted by Gasteiger charge is -2.07. The molecule has 0 atom stereocenters. The Balaban J connectivity index is 2.64. The van der Waals surface area contributed by atoms with Gasteiger partial charge in [0.15, 0.2) is 5.75 Å².